The fraction of sp³-hybridized carbons (Fsp3) is 0.0909. The SMILES string of the molecule is COc1ccccc1Oc1ncncc1Br. The first-order valence-corrected chi connectivity index (χ1v) is 5.37. The zero-order chi connectivity index (χ0) is 11.4. The first-order valence-electron chi connectivity index (χ1n) is 4.57. The highest BCUT2D eigenvalue weighted by Gasteiger charge is 2.07. The minimum Gasteiger partial charge on any atom is -0.493 e. The zero-order valence-corrected chi connectivity index (χ0v) is 10.1. The number of para-hydroxylation sites is 2. The summed E-state index contributed by atoms with van der Waals surface area (Å²) in [6.45, 7) is 0. The standard InChI is InChI=1S/C11H9BrN2O2/c1-15-9-4-2-3-5-10(9)16-11-8(12)6-13-7-14-11/h2-7H,1H3. The van der Waals surface area contributed by atoms with E-state index in [1.54, 1.807) is 13.3 Å². The van der Waals surface area contributed by atoms with Gasteiger partial charge in [-0.05, 0) is 28.1 Å². The van der Waals surface area contributed by atoms with Gasteiger partial charge >= 0.3 is 0 Å². The van der Waals surface area contributed by atoms with E-state index in [2.05, 4.69) is 25.9 Å². The van der Waals surface area contributed by atoms with E-state index in [1.165, 1.54) is 6.33 Å². The molecular weight excluding hydrogens is 272 g/mol. The number of benzene rings is 1. The second-order valence-corrected chi connectivity index (χ2v) is 3.78. The summed E-state index contributed by atoms with van der Waals surface area (Å²) in [7, 11) is 1.59. The van der Waals surface area contributed by atoms with Gasteiger partial charge in [0.1, 0.15) is 6.33 Å². The highest BCUT2D eigenvalue weighted by Crippen LogP contribution is 2.32. The van der Waals surface area contributed by atoms with Crippen molar-refractivity contribution in [3.63, 3.8) is 0 Å². The maximum atomic E-state index is 5.61. The van der Waals surface area contributed by atoms with E-state index in [4.69, 9.17) is 9.47 Å². The molecule has 0 N–H and O–H groups in total. The van der Waals surface area contributed by atoms with Gasteiger partial charge < -0.3 is 9.47 Å². The monoisotopic (exact) mass is 280 g/mol. The van der Waals surface area contributed by atoms with Gasteiger partial charge in [0.2, 0.25) is 5.88 Å². The minimum atomic E-state index is 0.458. The van der Waals surface area contributed by atoms with Crippen LogP contribution < -0.4 is 9.47 Å². The first-order chi connectivity index (χ1) is 7.81. The van der Waals surface area contributed by atoms with Gasteiger partial charge in [-0.3, -0.25) is 0 Å². The molecule has 0 atom stereocenters. The number of hydrogen-bond acceptors (Lipinski definition) is 4. The number of halogens is 1. The average Bonchev–Trinajstić information content (AvgIpc) is 2.33. The van der Waals surface area contributed by atoms with Gasteiger partial charge in [-0.15, -0.1) is 0 Å². The van der Waals surface area contributed by atoms with Crippen molar-refractivity contribution in [2.45, 2.75) is 0 Å². The van der Waals surface area contributed by atoms with Gasteiger partial charge in [-0.2, -0.15) is 0 Å². The molecule has 0 aliphatic rings. The van der Waals surface area contributed by atoms with Crippen LogP contribution >= 0.6 is 15.9 Å². The topological polar surface area (TPSA) is 44.2 Å². The van der Waals surface area contributed by atoms with Gasteiger partial charge in [0.25, 0.3) is 0 Å². The second-order valence-electron chi connectivity index (χ2n) is 2.93. The van der Waals surface area contributed by atoms with Gasteiger partial charge in [0.05, 0.1) is 11.6 Å². The molecule has 0 bridgehead atoms. The van der Waals surface area contributed by atoms with E-state index in [-0.39, 0.29) is 0 Å². The van der Waals surface area contributed by atoms with E-state index in [9.17, 15) is 0 Å². The third kappa shape index (κ3) is 2.30. The molecule has 4 nitrogen and oxygen atoms in total. The highest BCUT2D eigenvalue weighted by molar-refractivity contribution is 9.10. The Balaban J connectivity index is 2.30. The van der Waals surface area contributed by atoms with Crippen LogP contribution in [0, 0.1) is 0 Å². The van der Waals surface area contributed by atoms with Crippen molar-refractivity contribution in [2.24, 2.45) is 0 Å². The summed E-state index contributed by atoms with van der Waals surface area (Å²) in [6, 6.07) is 7.38. The maximum absolute atomic E-state index is 5.61. The van der Waals surface area contributed by atoms with Crippen LogP contribution in [-0.4, -0.2) is 17.1 Å². The normalized spacial score (nSPS) is 9.88. The Labute approximate surface area is 101 Å². The van der Waals surface area contributed by atoms with Crippen molar-refractivity contribution in [2.75, 3.05) is 7.11 Å². The van der Waals surface area contributed by atoms with Crippen LogP contribution in [0.2, 0.25) is 0 Å². The number of hydrogen-bond donors (Lipinski definition) is 0. The molecular formula is C11H9BrN2O2. The Morgan fingerprint density at radius 3 is 2.62 bits per heavy atom. The lowest BCUT2D eigenvalue weighted by molar-refractivity contribution is 0.373. The number of ether oxygens (including phenoxy) is 2. The Morgan fingerprint density at radius 1 is 1.19 bits per heavy atom. The van der Waals surface area contributed by atoms with Crippen LogP contribution in [0.15, 0.2) is 41.3 Å². The molecule has 0 fully saturated rings. The number of nitrogens with zero attached hydrogens (tertiary/aromatic N) is 2. The first kappa shape index (κ1) is 10.9. The molecule has 1 aromatic heterocycles. The fourth-order valence-corrected chi connectivity index (χ4v) is 1.49. The van der Waals surface area contributed by atoms with Gasteiger partial charge in [0.15, 0.2) is 11.5 Å². The van der Waals surface area contributed by atoms with Crippen molar-refractivity contribution in [3.05, 3.63) is 41.3 Å². The molecule has 82 valence electrons. The third-order valence-corrected chi connectivity index (χ3v) is 2.45. The quantitative estimate of drug-likeness (QED) is 0.867. The Kier molecular flexibility index (Phi) is 3.36. The van der Waals surface area contributed by atoms with E-state index in [0.29, 0.717) is 21.9 Å². The van der Waals surface area contributed by atoms with Crippen molar-refractivity contribution >= 4 is 15.9 Å². The molecule has 2 aromatic rings. The molecule has 16 heavy (non-hydrogen) atoms. The molecule has 0 aliphatic carbocycles. The van der Waals surface area contributed by atoms with Crippen molar-refractivity contribution in [3.8, 4) is 17.4 Å². The largest absolute Gasteiger partial charge is 0.493 e. The number of methoxy groups -OCH3 is 1. The Hall–Kier alpha value is -1.62. The van der Waals surface area contributed by atoms with Gasteiger partial charge in [-0.1, -0.05) is 12.1 Å². The maximum Gasteiger partial charge on any atom is 0.236 e. The molecule has 0 saturated carbocycles. The number of aromatic nitrogens is 2. The lowest BCUT2D eigenvalue weighted by atomic mass is 10.3. The summed E-state index contributed by atoms with van der Waals surface area (Å²) in [5.41, 5.74) is 0. The Morgan fingerprint density at radius 2 is 1.94 bits per heavy atom. The zero-order valence-electron chi connectivity index (χ0n) is 8.55. The molecule has 0 saturated heterocycles. The predicted molar refractivity (Wildman–Crippen MR) is 62.8 cm³/mol. The highest BCUT2D eigenvalue weighted by atomic mass is 79.9. The van der Waals surface area contributed by atoms with Crippen molar-refractivity contribution < 1.29 is 9.47 Å². The van der Waals surface area contributed by atoms with E-state index in [0.717, 1.165) is 0 Å². The summed E-state index contributed by atoms with van der Waals surface area (Å²) in [4.78, 5) is 7.87. The summed E-state index contributed by atoms with van der Waals surface area (Å²) >= 11 is 3.31. The molecule has 0 radical (unpaired) electrons. The molecule has 2 rings (SSSR count). The van der Waals surface area contributed by atoms with Crippen LogP contribution in [-0.2, 0) is 0 Å². The molecule has 0 amide bonds. The van der Waals surface area contributed by atoms with Crippen LogP contribution in [0.25, 0.3) is 0 Å². The fourth-order valence-electron chi connectivity index (χ4n) is 1.18. The van der Waals surface area contributed by atoms with Crippen LogP contribution in [0.3, 0.4) is 0 Å². The molecule has 0 unspecified atom stereocenters. The van der Waals surface area contributed by atoms with Crippen LogP contribution in [0.5, 0.6) is 17.4 Å². The predicted octanol–water partition coefficient (Wildman–Crippen LogP) is 3.04. The summed E-state index contributed by atoms with van der Waals surface area (Å²) < 4.78 is 11.5. The molecule has 0 spiro atoms. The van der Waals surface area contributed by atoms with Crippen LogP contribution in [0.4, 0.5) is 0 Å². The molecule has 1 aromatic carbocycles. The smallest absolute Gasteiger partial charge is 0.236 e. The van der Waals surface area contributed by atoms with E-state index in [1.807, 2.05) is 24.3 Å². The Bertz CT molecular complexity index is 491. The van der Waals surface area contributed by atoms with Crippen molar-refractivity contribution in [1.82, 2.24) is 9.97 Å². The average molecular weight is 281 g/mol. The molecule has 5 heteroatoms. The minimum absolute atomic E-state index is 0.458. The lowest BCUT2D eigenvalue weighted by Crippen LogP contribution is -1.92. The molecule has 1 heterocycles. The number of rotatable bonds is 3. The van der Waals surface area contributed by atoms with E-state index >= 15 is 0 Å². The van der Waals surface area contributed by atoms with Crippen LogP contribution in [0.1, 0.15) is 0 Å². The second kappa shape index (κ2) is 4.94. The van der Waals surface area contributed by atoms with Crippen molar-refractivity contribution in [1.29, 1.82) is 0 Å². The van der Waals surface area contributed by atoms with Gasteiger partial charge in [0, 0.05) is 6.20 Å². The summed E-state index contributed by atoms with van der Waals surface area (Å²) in [5.74, 6) is 1.73. The third-order valence-electron chi connectivity index (χ3n) is 1.91. The summed E-state index contributed by atoms with van der Waals surface area (Å²) in [6.07, 6.45) is 3.05. The van der Waals surface area contributed by atoms with Gasteiger partial charge in [-0.25, -0.2) is 9.97 Å². The lowest BCUT2D eigenvalue weighted by Gasteiger charge is -2.09. The van der Waals surface area contributed by atoms with E-state index < -0.39 is 0 Å². The summed E-state index contributed by atoms with van der Waals surface area (Å²) in [5, 5.41) is 0. The molecule has 0 aliphatic heterocycles.